The second kappa shape index (κ2) is 7.56. The SMILES string of the molecule is C=CCCSP(=S)(NC=O)OCC. The molecule has 6 heteroatoms. The first-order valence-electron chi connectivity index (χ1n) is 3.90. The van der Waals surface area contributed by atoms with E-state index >= 15 is 0 Å². The highest BCUT2D eigenvalue weighted by molar-refractivity contribution is 8.68. The van der Waals surface area contributed by atoms with E-state index in [9.17, 15) is 4.79 Å². The van der Waals surface area contributed by atoms with Gasteiger partial charge in [0.05, 0.1) is 6.61 Å². The van der Waals surface area contributed by atoms with Crippen molar-refractivity contribution in [1.29, 1.82) is 0 Å². The molecule has 0 radical (unpaired) electrons. The second-order valence-electron chi connectivity index (χ2n) is 2.07. The van der Waals surface area contributed by atoms with Gasteiger partial charge in [0, 0.05) is 5.75 Å². The summed E-state index contributed by atoms with van der Waals surface area (Å²) >= 11 is 6.68. The molecule has 1 atom stereocenters. The Morgan fingerprint density at radius 3 is 2.92 bits per heavy atom. The zero-order chi connectivity index (χ0) is 10.2. The van der Waals surface area contributed by atoms with Gasteiger partial charge in [0.25, 0.3) is 0 Å². The van der Waals surface area contributed by atoms with Crippen LogP contribution in [-0.2, 0) is 21.1 Å². The van der Waals surface area contributed by atoms with Crippen LogP contribution >= 0.6 is 17.0 Å². The summed E-state index contributed by atoms with van der Waals surface area (Å²) in [5.41, 5.74) is -2.16. The first-order chi connectivity index (χ1) is 6.18. The smallest absolute Gasteiger partial charge is 0.213 e. The average Bonchev–Trinajstić information content (AvgIpc) is 2.05. The molecule has 0 aromatic carbocycles. The van der Waals surface area contributed by atoms with E-state index in [1.54, 1.807) is 0 Å². The third-order valence-electron chi connectivity index (χ3n) is 1.09. The summed E-state index contributed by atoms with van der Waals surface area (Å²) in [6.07, 6.45) is 3.30. The van der Waals surface area contributed by atoms with Crippen molar-refractivity contribution in [3.8, 4) is 0 Å². The minimum absolute atomic E-state index is 0.527. The number of carbonyl (C=O) groups is 1. The maximum Gasteiger partial charge on any atom is 0.213 e. The molecule has 0 aliphatic heterocycles. The highest BCUT2D eigenvalue weighted by Crippen LogP contribution is 2.55. The van der Waals surface area contributed by atoms with Crippen molar-refractivity contribution in [1.82, 2.24) is 5.09 Å². The first-order valence-corrected chi connectivity index (χ1v) is 8.21. The van der Waals surface area contributed by atoms with E-state index in [0.717, 1.165) is 12.2 Å². The topological polar surface area (TPSA) is 38.3 Å². The van der Waals surface area contributed by atoms with Crippen LogP contribution in [0.2, 0.25) is 0 Å². The molecule has 0 saturated heterocycles. The molecule has 1 amide bonds. The van der Waals surface area contributed by atoms with E-state index in [1.165, 1.54) is 11.4 Å². The van der Waals surface area contributed by atoms with Crippen LogP contribution in [0.5, 0.6) is 0 Å². The molecule has 0 saturated carbocycles. The molecule has 0 aliphatic carbocycles. The fourth-order valence-corrected chi connectivity index (χ4v) is 4.85. The summed E-state index contributed by atoms with van der Waals surface area (Å²) < 4.78 is 5.33. The monoisotopic (exact) mass is 239 g/mol. The van der Waals surface area contributed by atoms with Gasteiger partial charge in [-0.25, -0.2) is 0 Å². The van der Waals surface area contributed by atoms with Gasteiger partial charge in [0.1, 0.15) is 0 Å². The number of rotatable bonds is 8. The number of hydrogen-bond acceptors (Lipinski definition) is 4. The van der Waals surface area contributed by atoms with Crippen LogP contribution in [0.25, 0.3) is 0 Å². The molecule has 76 valence electrons. The summed E-state index contributed by atoms with van der Waals surface area (Å²) in [7, 11) is 0. The molecule has 1 unspecified atom stereocenters. The molecule has 0 bridgehead atoms. The maximum atomic E-state index is 10.3. The minimum atomic E-state index is -2.16. The third kappa shape index (κ3) is 6.27. The standard InChI is InChI=1S/C7H14NO2PS2/c1-3-5-6-13-11(12,8-7-9)10-4-2/h3,7H,1,4-6H2,2H3,(H,8,9,12). The minimum Gasteiger partial charge on any atom is -0.327 e. The van der Waals surface area contributed by atoms with E-state index < -0.39 is 5.62 Å². The van der Waals surface area contributed by atoms with Crippen LogP contribution in [0, 0.1) is 0 Å². The quantitative estimate of drug-likeness (QED) is 0.305. The fraction of sp³-hybridized carbons (Fsp3) is 0.571. The van der Waals surface area contributed by atoms with Gasteiger partial charge in [-0.1, -0.05) is 17.5 Å². The summed E-state index contributed by atoms with van der Waals surface area (Å²) in [5, 5.41) is 2.57. The number of nitrogens with one attached hydrogen (secondary N) is 1. The summed E-state index contributed by atoms with van der Waals surface area (Å²) in [6.45, 7) is 6.00. The van der Waals surface area contributed by atoms with E-state index in [-0.39, 0.29) is 0 Å². The van der Waals surface area contributed by atoms with Gasteiger partial charge in [-0.2, -0.15) is 0 Å². The Bertz CT molecular complexity index is 211. The average molecular weight is 239 g/mol. The highest BCUT2D eigenvalue weighted by Gasteiger charge is 2.15. The lowest BCUT2D eigenvalue weighted by atomic mass is 10.5. The number of hydrogen-bond donors (Lipinski definition) is 1. The number of amides is 1. The Morgan fingerprint density at radius 1 is 1.77 bits per heavy atom. The Morgan fingerprint density at radius 2 is 2.46 bits per heavy atom. The van der Waals surface area contributed by atoms with Crippen LogP contribution in [0.15, 0.2) is 12.7 Å². The molecule has 0 aromatic heterocycles. The van der Waals surface area contributed by atoms with Crippen molar-refractivity contribution < 1.29 is 9.32 Å². The van der Waals surface area contributed by atoms with Crippen LogP contribution in [0.4, 0.5) is 0 Å². The Kier molecular flexibility index (Phi) is 7.66. The molecule has 3 nitrogen and oxygen atoms in total. The molecule has 1 N–H and O–H groups in total. The molecule has 0 aliphatic rings. The summed E-state index contributed by atoms with van der Waals surface area (Å²) in [6, 6.07) is 0. The van der Waals surface area contributed by atoms with Gasteiger partial charge in [-0.15, -0.1) is 6.58 Å². The van der Waals surface area contributed by atoms with E-state index in [2.05, 4.69) is 11.7 Å². The molecular weight excluding hydrogens is 225 g/mol. The van der Waals surface area contributed by atoms with Crippen LogP contribution in [0.3, 0.4) is 0 Å². The largest absolute Gasteiger partial charge is 0.327 e. The molecule has 0 heterocycles. The summed E-state index contributed by atoms with van der Waals surface area (Å²) in [5.74, 6) is 0.835. The summed E-state index contributed by atoms with van der Waals surface area (Å²) in [4.78, 5) is 10.3. The second-order valence-corrected chi connectivity index (χ2v) is 8.80. The zero-order valence-corrected chi connectivity index (χ0v) is 10.1. The zero-order valence-electron chi connectivity index (χ0n) is 7.56. The van der Waals surface area contributed by atoms with E-state index in [0.29, 0.717) is 13.0 Å². The molecule has 0 spiro atoms. The van der Waals surface area contributed by atoms with Crippen LogP contribution in [0.1, 0.15) is 13.3 Å². The van der Waals surface area contributed by atoms with Crippen molar-refractivity contribution >= 4 is 35.2 Å². The number of allylic oxidation sites excluding steroid dienone is 1. The lowest BCUT2D eigenvalue weighted by Gasteiger charge is -2.18. The van der Waals surface area contributed by atoms with E-state index in [4.69, 9.17) is 16.3 Å². The van der Waals surface area contributed by atoms with Gasteiger partial charge >= 0.3 is 0 Å². The van der Waals surface area contributed by atoms with Gasteiger partial charge in [0.2, 0.25) is 12.0 Å². The van der Waals surface area contributed by atoms with Gasteiger partial charge in [0.15, 0.2) is 0 Å². The fourth-order valence-electron chi connectivity index (χ4n) is 0.603. The third-order valence-corrected chi connectivity index (χ3v) is 6.65. The van der Waals surface area contributed by atoms with Crippen molar-refractivity contribution in [2.75, 3.05) is 12.4 Å². The van der Waals surface area contributed by atoms with Crippen molar-refractivity contribution in [3.05, 3.63) is 12.7 Å². The molecule has 13 heavy (non-hydrogen) atoms. The molecular formula is C7H14NO2PS2. The van der Waals surface area contributed by atoms with E-state index in [1.807, 2.05) is 13.0 Å². The van der Waals surface area contributed by atoms with Gasteiger partial charge in [-0.3, -0.25) is 4.79 Å². The maximum absolute atomic E-state index is 10.3. The molecule has 0 aromatic rings. The predicted molar refractivity (Wildman–Crippen MR) is 62.4 cm³/mol. The lowest BCUT2D eigenvalue weighted by molar-refractivity contribution is -0.108. The van der Waals surface area contributed by atoms with Gasteiger partial charge in [-0.05, 0) is 25.2 Å². The van der Waals surface area contributed by atoms with Crippen molar-refractivity contribution in [2.24, 2.45) is 0 Å². The normalized spacial score (nSPS) is 14.5. The van der Waals surface area contributed by atoms with Crippen LogP contribution < -0.4 is 5.09 Å². The Hall–Kier alpha value is 0.170. The lowest BCUT2D eigenvalue weighted by Crippen LogP contribution is -2.07. The Labute approximate surface area is 88.2 Å². The Balaban J connectivity index is 3.98. The predicted octanol–water partition coefficient (Wildman–Crippen LogP) is 2.30. The van der Waals surface area contributed by atoms with Crippen LogP contribution in [-0.4, -0.2) is 18.8 Å². The molecule has 0 fully saturated rings. The van der Waals surface area contributed by atoms with Gasteiger partial charge < -0.3 is 9.61 Å². The molecule has 0 rings (SSSR count). The van der Waals surface area contributed by atoms with Crippen molar-refractivity contribution in [2.45, 2.75) is 13.3 Å². The highest BCUT2D eigenvalue weighted by atomic mass is 32.9. The first kappa shape index (κ1) is 13.2. The van der Waals surface area contributed by atoms with Crippen molar-refractivity contribution in [3.63, 3.8) is 0 Å². The number of carbonyl (C=O) groups excluding carboxylic acids is 1.